The fourth-order valence-corrected chi connectivity index (χ4v) is 5.17. The van der Waals surface area contributed by atoms with Crippen molar-refractivity contribution >= 4 is 23.0 Å². The van der Waals surface area contributed by atoms with Crippen LogP contribution in [0.3, 0.4) is 0 Å². The summed E-state index contributed by atoms with van der Waals surface area (Å²) < 4.78 is 0. The predicted molar refractivity (Wildman–Crippen MR) is 130 cm³/mol. The van der Waals surface area contributed by atoms with Crippen molar-refractivity contribution in [2.24, 2.45) is 0 Å². The van der Waals surface area contributed by atoms with E-state index in [0.717, 1.165) is 21.7 Å². The van der Waals surface area contributed by atoms with Crippen molar-refractivity contribution in [3.8, 4) is 10.6 Å². The topological polar surface area (TPSA) is 83.4 Å². The molecular weight excluding hydrogens is 446 g/mol. The van der Waals surface area contributed by atoms with E-state index in [2.05, 4.69) is 9.97 Å². The van der Waals surface area contributed by atoms with Crippen LogP contribution in [-0.2, 0) is 11.3 Å². The Morgan fingerprint density at radius 1 is 1.00 bits per heavy atom. The molecule has 0 fully saturated rings. The van der Waals surface area contributed by atoms with Crippen molar-refractivity contribution in [3.63, 3.8) is 0 Å². The van der Waals surface area contributed by atoms with Crippen LogP contribution < -0.4 is 0 Å². The first-order valence-corrected chi connectivity index (χ1v) is 11.6. The molecule has 0 spiro atoms. The van der Waals surface area contributed by atoms with Gasteiger partial charge in [0.05, 0.1) is 22.2 Å². The van der Waals surface area contributed by atoms with Crippen LogP contribution in [-0.4, -0.2) is 31.7 Å². The van der Waals surface area contributed by atoms with Crippen LogP contribution in [0.4, 0.5) is 0 Å². The average molecular weight is 468 g/mol. The van der Waals surface area contributed by atoms with E-state index in [0.29, 0.717) is 10.6 Å². The van der Waals surface area contributed by atoms with Gasteiger partial charge < -0.3 is 10.0 Å². The summed E-state index contributed by atoms with van der Waals surface area (Å²) >= 11 is 1.27. The molecule has 3 heterocycles. The fourth-order valence-electron chi connectivity index (χ4n) is 4.15. The molecule has 2 aromatic heterocycles. The smallest absolute Gasteiger partial charge is 0.290 e. The number of Topliss-reactive ketones (excluding diaryl/α,β-unsaturated/α-hetero) is 1. The Kier molecular flexibility index (Phi) is 5.77. The van der Waals surface area contributed by atoms with Gasteiger partial charge >= 0.3 is 0 Å². The van der Waals surface area contributed by atoms with Gasteiger partial charge in [-0.15, -0.1) is 11.3 Å². The van der Waals surface area contributed by atoms with E-state index in [9.17, 15) is 14.7 Å². The highest BCUT2D eigenvalue weighted by atomic mass is 32.1. The monoisotopic (exact) mass is 467 g/mol. The van der Waals surface area contributed by atoms with Crippen molar-refractivity contribution in [2.75, 3.05) is 0 Å². The van der Waals surface area contributed by atoms with Crippen LogP contribution in [0, 0.1) is 6.92 Å². The third kappa shape index (κ3) is 3.91. The Balaban J connectivity index is 1.57. The first kappa shape index (κ1) is 21.7. The van der Waals surface area contributed by atoms with Crippen molar-refractivity contribution in [1.29, 1.82) is 0 Å². The second-order valence-corrected chi connectivity index (χ2v) is 8.99. The lowest BCUT2D eigenvalue weighted by Crippen LogP contribution is -2.30. The van der Waals surface area contributed by atoms with Gasteiger partial charge in [0.15, 0.2) is 5.76 Å². The third-order valence-corrected chi connectivity index (χ3v) is 6.99. The van der Waals surface area contributed by atoms with Crippen LogP contribution in [0.5, 0.6) is 0 Å². The van der Waals surface area contributed by atoms with Gasteiger partial charge in [0.25, 0.3) is 5.91 Å². The highest BCUT2D eigenvalue weighted by Crippen LogP contribution is 2.41. The molecule has 1 aliphatic heterocycles. The summed E-state index contributed by atoms with van der Waals surface area (Å²) in [6.45, 7) is 2.01. The minimum Gasteiger partial charge on any atom is -0.503 e. The van der Waals surface area contributed by atoms with E-state index in [1.807, 2.05) is 72.8 Å². The Labute approximate surface area is 200 Å². The number of ketones is 1. The van der Waals surface area contributed by atoms with E-state index in [4.69, 9.17) is 0 Å². The van der Waals surface area contributed by atoms with E-state index < -0.39 is 17.7 Å². The number of rotatable bonds is 6. The summed E-state index contributed by atoms with van der Waals surface area (Å²) in [5.41, 5.74) is 3.17. The molecule has 168 valence electrons. The molecule has 34 heavy (non-hydrogen) atoms. The number of aromatic nitrogens is 2. The van der Waals surface area contributed by atoms with Crippen LogP contribution in [0.1, 0.15) is 32.5 Å². The Hall–Kier alpha value is -4.10. The summed E-state index contributed by atoms with van der Waals surface area (Å²) in [5, 5.41) is 11.6. The molecule has 0 radical (unpaired) electrons. The summed E-state index contributed by atoms with van der Waals surface area (Å²) in [6, 6.07) is 21.8. The van der Waals surface area contributed by atoms with E-state index in [1.165, 1.54) is 16.2 Å². The van der Waals surface area contributed by atoms with Gasteiger partial charge in [0.2, 0.25) is 5.78 Å². The van der Waals surface area contributed by atoms with Crippen molar-refractivity contribution in [1.82, 2.24) is 14.9 Å². The van der Waals surface area contributed by atoms with Crippen LogP contribution >= 0.6 is 11.3 Å². The number of aliphatic hydroxyl groups excluding tert-OH is 1. The number of amides is 1. The summed E-state index contributed by atoms with van der Waals surface area (Å²) in [7, 11) is 0. The van der Waals surface area contributed by atoms with E-state index in [1.54, 1.807) is 19.3 Å². The highest BCUT2D eigenvalue weighted by molar-refractivity contribution is 7.17. The standard InChI is InChI=1S/C27H21N3O3S/c1-17-25(34-26(29-17)20-10-6-3-7-11-20)23(31)21-22(19-8-4-2-5-9-19)30(27(33)24(21)32)16-18-12-14-28-15-13-18/h2-15,22,32H,16H2,1H3. The number of nitrogens with zero attached hydrogens (tertiary/aromatic N) is 3. The second-order valence-electron chi connectivity index (χ2n) is 7.99. The van der Waals surface area contributed by atoms with Crippen LogP contribution in [0.2, 0.25) is 0 Å². The molecule has 1 amide bonds. The number of benzene rings is 2. The van der Waals surface area contributed by atoms with Gasteiger partial charge in [-0.3, -0.25) is 14.6 Å². The molecule has 1 unspecified atom stereocenters. The summed E-state index contributed by atoms with van der Waals surface area (Å²) in [6.07, 6.45) is 3.30. The molecule has 5 rings (SSSR count). The Morgan fingerprint density at radius 2 is 1.65 bits per heavy atom. The molecular formula is C27H21N3O3S. The molecule has 7 heteroatoms. The number of pyridine rings is 1. The van der Waals surface area contributed by atoms with Gasteiger partial charge in [0, 0.05) is 24.5 Å². The SMILES string of the molecule is Cc1nc(-c2ccccc2)sc1C(=O)C1=C(O)C(=O)N(Cc2ccncc2)C1c1ccccc1. The third-order valence-electron chi connectivity index (χ3n) is 5.79. The second kappa shape index (κ2) is 9.03. The average Bonchev–Trinajstić information content (AvgIpc) is 3.38. The number of aryl methyl sites for hydroxylation is 1. The summed E-state index contributed by atoms with van der Waals surface area (Å²) in [4.78, 5) is 37.6. The lowest BCUT2D eigenvalue weighted by Gasteiger charge is -2.26. The maximum atomic E-state index is 13.8. The van der Waals surface area contributed by atoms with Crippen molar-refractivity contribution in [2.45, 2.75) is 19.5 Å². The minimum atomic E-state index is -0.712. The van der Waals surface area contributed by atoms with Crippen molar-refractivity contribution < 1.29 is 14.7 Å². The molecule has 1 aliphatic rings. The number of carbonyl (C=O) groups excluding carboxylic acids is 2. The largest absolute Gasteiger partial charge is 0.503 e. The predicted octanol–water partition coefficient (Wildman–Crippen LogP) is 5.29. The molecule has 0 saturated carbocycles. The number of thiazole rings is 1. The Morgan fingerprint density at radius 3 is 2.32 bits per heavy atom. The quantitative estimate of drug-likeness (QED) is 0.390. The lowest BCUT2D eigenvalue weighted by molar-refractivity contribution is -0.130. The normalized spacial score (nSPS) is 15.7. The first-order valence-electron chi connectivity index (χ1n) is 10.8. The highest BCUT2D eigenvalue weighted by Gasteiger charge is 2.44. The maximum absolute atomic E-state index is 13.8. The number of carbonyl (C=O) groups is 2. The zero-order valence-corrected chi connectivity index (χ0v) is 19.2. The van der Waals surface area contributed by atoms with Crippen molar-refractivity contribution in [3.05, 3.63) is 118 Å². The molecule has 0 aliphatic carbocycles. The maximum Gasteiger partial charge on any atom is 0.290 e. The van der Waals surface area contributed by atoms with Crippen LogP contribution in [0.15, 0.2) is 96.5 Å². The zero-order valence-electron chi connectivity index (χ0n) is 18.4. The lowest BCUT2D eigenvalue weighted by atomic mass is 9.95. The Bertz CT molecular complexity index is 1380. The zero-order chi connectivity index (χ0) is 23.7. The van der Waals surface area contributed by atoms with E-state index >= 15 is 0 Å². The number of hydrogen-bond acceptors (Lipinski definition) is 6. The van der Waals surface area contributed by atoms with Gasteiger partial charge in [-0.25, -0.2) is 4.98 Å². The molecule has 0 saturated heterocycles. The summed E-state index contributed by atoms with van der Waals surface area (Å²) in [5.74, 6) is -1.46. The van der Waals surface area contributed by atoms with Gasteiger partial charge in [-0.1, -0.05) is 60.7 Å². The van der Waals surface area contributed by atoms with Gasteiger partial charge in [0.1, 0.15) is 5.01 Å². The van der Waals surface area contributed by atoms with Crippen LogP contribution in [0.25, 0.3) is 10.6 Å². The van der Waals surface area contributed by atoms with E-state index in [-0.39, 0.29) is 17.9 Å². The van der Waals surface area contributed by atoms with Gasteiger partial charge in [-0.2, -0.15) is 0 Å². The molecule has 2 aromatic carbocycles. The molecule has 0 bridgehead atoms. The minimum absolute atomic E-state index is 0.0802. The molecule has 4 aromatic rings. The number of aliphatic hydroxyl groups is 1. The fraction of sp³-hybridized carbons (Fsp3) is 0.111. The number of hydrogen-bond donors (Lipinski definition) is 1. The molecule has 6 nitrogen and oxygen atoms in total. The first-order chi connectivity index (χ1) is 16.5. The van der Waals surface area contributed by atoms with Gasteiger partial charge in [-0.05, 0) is 30.2 Å². The molecule has 1 N–H and O–H groups in total. The molecule has 1 atom stereocenters.